The number of hydrogen-bond acceptors (Lipinski definition) is 3. The molecule has 0 aliphatic heterocycles. The Labute approximate surface area is 78.7 Å². The molecule has 1 aliphatic rings. The van der Waals surface area contributed by atoms with Gasteiger partial charge < -0.3 is 15.7 Å². The number of rotatable bonds is 4. The van der Waals surface area contributed by atoms with Gasteiger partial charge in [-0.3, -0.25) is 4.79 Å². The number of likely N-dealkylation sites (N-methyl/N-ethyl adjacent to an activating group) is 1. The third kappa shape index (κ3) is 3.32. The molecule has 0 heterocycles. The van der Waals surface area contributed by atoms with Crippen LogP contribution in [-0.4, -0.2) is 37.3 Å². The number of aliphatic hydroxyl groups is 1. The van der Waals surface area contributed by atoms with Crippen LogP contribution in [0.25, 0.3) is 0 Å². The van der Waals surface area contributed by atoms with Gasteiger partial charge in [-0.1, -0.05) is 6.42 Å². The van der Waals surface area contributed by atoms with E-state index < -0.39 is 0 Å². The molecule has 13 heavy (non-hydrogen) atoms. The van der Waals surface area contributed by atoms with Crippen LogP contribution < -0.4 is 10.6 Å². The molecule has 0 spiro atoms. The Kier molecular flexibility index (Phi) is 4.18. The second-order valence-corrected chi connectivity index (χ2v) is 3.59. The summed E-state index contributed by atoms with van der Waals surface area (Å²) < 4.78 is 0. The molecule has 1 rings (SSSR count). The lowest BCUT2D eigenvalue weighted by atomic mass is 10.1. The number of nitrogens with one attached hydrogen (secondary N) is 2. The Morgan fingerprint density at radius 1 is 1.54 bits per heavy atom. The zero-order valence-electron chi connectivity index (χ0n) is 8.05. The first kappa shape index (κ1) is 10.5. The Bertz CT molecular complexity index is 173. The summed E-state index contributed by atoms with van der Waals surface area (Å²) in [5.74, 6) is 0.266. The van der Waals surface area contributed by atoms with Crippen LogP contribution in [-0.2, 0) is 4.79 Å². The normalized spacial score (nSPS) is 27.5. The van der Waals surface area contributed by atoms with Crippen molar-refractivity contribution in [3.8, 4) is 0 Å². The first-order valence-corrected chi connectivity index (χ1v) is 4.83. The molecule has 0 bridgehead atoms. The molecule has 4 heteroatoms. The maximum absolute atomic E-state index is 11.1. The summed E-state index contributed by atoms with van der Waals surface area (Å²) in [4.78, 5) is 11.1. The predicted octanol–water partition coefficient (Wildman–Crippen LogP) is -0.517. The van der Waals surface area contributed by atoms with Gasteiger partial charge in [-0.2, -0.15) is 0 Å². The van der Waals surface area contributed by atoms with E-state index >= 15 is 0 Å². The van der Waals surface area contributed by atoms with Crippen molar-refractivity contribution >= 4 is 5.91 Å². The molecule has 0 aromatic carbocycles. The van der Waals surface area contributed by atoms with Crippen molar-refractivity contribution in [1.82, 2.24) is 10.6 Å². The van der Waals surface area contributed by atoms with E-state index in [1.165, 1.54) is 0 Å². The van der Waals surface area contributed by atoms with Crippen molar-refractivity contribution in [3.63, 3.8) is 0 Å². The first-order valence-electron chi connectivity index (χ1n) is 4.83. The van der Waals surface area contributed by atoms with Crippen LogP contribution in [0.15, 0.2) is 0 Å². The molecule has 76 valence electrons. The van der Waals surface area contributed by atoms with E-state index in [1.54, 1.807) is 7.05 Å². The summed E-state index contributed by atoms with van der Waals surface area (Å²) in [5, 5.41) is 15.0. The second-order valence-electron chi connectivity index (χ2n) is 3.59. The van der Waals surface area contributed by atoms with Gasteiger partial charge in [-0.05, 0) is 19.9 Å². The fourth-order valence-corrected chi connectivity index (χ4v) is 1.72. The minimum Gasteiger partial charge on any atom is -0.393 e. The van der Waals surface area contributed by atoms with Crippen molar-refractivity contribution in [1.29, 1.82) is 0 Å². The van der Waals surface area contributed by atoms with Crippen molar-refractivity contribution in [3.05, 3.63) is 0 Å². The van der Waals surface area contributed by atoms with E-state index in [2.05, 4.69) is 10.6 Å². The summed E-state index contributed by atoms with van der Waals surface area (Å²) in [6.07, 6.45) is 2.77. The molecule has 2 unspecified atom stereocenters. The van der Waals surface area contributed by atoms with Gasteiger partial charge in [0, 0.05) is 12.5 Å². The standard InChI is InChI=1S/C9H18N2O2/c1-10-6-9(13)11-5-7-3-2-4-8(7)12/h7-8,10,12H,2-6H2,1H3,(H,11,13). The smallest absolute Gasteiger partial charge is 0.233 e. The van der Waals surface area contributed by atoms with Crippen LogP contribution >= 0.6 is 0 Å². The molecule has 0 radical (unpaired) electrons. The highest BCUT2D eigenvalue weighted by Gasteiger charge is 2.24. The molecule has 0 aromatic heterocycles. The third-order valence-corrected chi connectivity index (χ3v) is 2.52. The number of hydrogen-bond donors (Lipinski definition) is 3. The van der Waals surface area contributed by atoms with Gasteiger partial charge in [0.15, 0.2) is 0 Å². The minimum absolute atomic E-state index is 0.00148. The van der Waals surface area contributed by atoms with E-state index in [-0.39, 0.29) is 17.9 Å². The quantitative estimate of drug-likeness (QED) is 0.554. The highest BCUT2D eigenvalue weighted by Crippen LogP contribution is 2.24. The summed E-state index contributed by atoms with van der Waals surface area (Å²) in [6, 6.07) is 0. The van der Waals surface area contributed by atoms with Crippen molar-refractivity contribution in [2.45, 2.75) is 25.4 Å². The highest BCUT2D eigenvalue weighted by atomic mass is 16.3. The number of carbonyl (C=O) groups is 1. The van der Waals surface area contributed by atoms with Crippen LogP contribution in [0.2, 0.25) is 0 Å². The predicted molar refractivity (Wildman–Crippen MR) is 50.3 cm³/mol. The zero-order chi connectivity index (χ0) is 9.68. The molecule has 1 saturated carbocycles. The summed E-state index contributed by atoms with van der Waals surface area (Å²) in [6.45, 7) is 0.963. The van der Waals surface area contributed by atoms with Gasteiger partial charge in [0.05, 0.1) is 12.6 Å². The van der Waals surface area contributed by atoms with Gasteiger partial charge in [-0.25, -0.2) is 0 Å². The van der Waals surface area contributed by atoms with E-state index in [1.807, 2.05) is 0 Å². The molecular formula is C9H18N2O2. The van der Waals surface area contributed by atoms with Crippen LogP contribution in [0.4, 0.5) is 0 Å². The van der Waals surface area contributed by atoms with E-state index in [0.717, 1.165) is 19.3 Å². The molecule has 1 amide bonds. The first-order chi connectivity index (χ1) is 6.24. The van der Waals surface area contributed by atoms with Crippen LogP contribution in [0.5, 0.6) is 0 Å². The molecular weight excluding hydrogens is 168 g/mol. The van der Waals surface area contributed by atoms with Gasteiger partial charge in [-0.15, -0.1) is 0 Å². The molecule has 0 saturated heterocycles. The summed E-state index contributed by atoms with van der Waals surface area (Å²) in [7, 11) is 1.74. The molecule has 3 N–H and O–H groups in total. The monoisotopic (exact) mass is 186 g/mol. The summed E-state index contributed by atoms with van der Waals surface area (Å²) >= 11 is 0. The van der Waals surface area contributed by atoms with Crippen LogP contribution in [0, 0.1) is 5.92 Å². The van der Waals surface area contributed by atoms with Crippen LogP contribution in [0.3, 0.4) is 0 Å². The average Bonchev–Trinajstić information content (AvgIpc) is 2.48. The van der Waals surface area contributed by atoms with Gasteiger partial charge in [0.1, 0.15) is 0 Å². The van der Waals surface area contributed by atoms with Crippen LogP contribution in [0.1, 0.15) is 19.3 Å². The van der Waals surface area contributed by atoms with Gasteiger partial charge in [0.25, 0.3) is 0 Å². The minimum atomic E-state index is -0.213. The molecule has 1 fully saturated rings. The lowest BCUT2D eigenvalue weighted by Crippen LogP contribution is -2.37. The number of aliphatic hydroxyl groups excluding tert-OH is 1. The Balaban J connectivity index is 2.14. The SMILES string of the molecule is CNCC(=O)NCC1CCCC1O. The number of amides is 1. The summed E-state index contributed by atoms with van der Waals surface area (Å²) in [5.41, 5.74) is 0. The van der Waals surface area contributed by atoms with Crippen molar-refractivity contribution < 1.29 is 9.90 Å². The fourth-order valence-electron chi connectivity index (χ4n) is 1.72. The van der Waals surface area contributed by atoms with Crippen molar-refractivity contribution in [2.75, 3.05) is 20.1 Å². The van der Waals surface area contributed by atoms with Crippen molar-refractivity contribution in [2.24, 2.45) is 5.92 Å². The average molecular weight is 186 g/mol. The lowest BCUT2D eigenvalue weighted by Gasteiger charge is -2.14. The van der Waals surface area contributed by atoms with Gasteiger partial charge in [0.2, 0.25) is 5.91 Å². The molecule has 1 aliphatic carbocycles. The van der Waals surface area contributed by atoms with E-state index in [9.17, 15) is 9.90 Å². The lowest BCUT2D eigenvalue weighted by molar-refractivity contribution is -0.120. The maximum Gasteiger partial charge on any atom is 0.233 e. The molecule has 0 aromatic rings. The van der Waals surface area contributed by atoms with E-state index in [4.69, 9.17) is 0 Å². The third-order valence-electron chi connectivity index (χ3n) is 2.52. The number of carbonyl (C=O) groups excluding carboxylic acids is 1. The fraction of sp³-hybridized carbons (Fsp3) is 0.889. The molecule has 2 atom stereocenters. The van der Waals surface area contributed by atoms with E-state index in [0.29, 0.717) is 13.1 Å². The van der Waals surface area contributed by atoms with Gasteiger partial charge >= 0.3 is 0 Å². The second kappa shape index (κ2) is 5.19. The topological polar surface area (TPSA) is 61.4 Å². The zero-order valence-corrected chi connectivity index (χ0v) is 8.05. The maximum atomic E-state index is 11.1. The Hall–Kier alpha value is -0.610. The Morgan fingerprint density at radius 3 is 2.85 bits per heavy atom. The Morgan fingerprint density at radius 2 is 2.31 bits per heavy atom. The largest absolute Gasteiger partial charge is 0.393 e. The molecule has 4 nitrogen and oxygen atoms in total. The highest BCUT2D eigenvalue weighted by molar-refractivity contribution is 5.77.